The van der Waals surface area contributed by atoms with Gasteiger partial charge in [-0.05, 0) is 42.9 Å². The van der Waals surface area contributed by atoms with Crippen molar-refractivity contribution in [3.05, 3.63) is 70.5 Å². The summed E-state index contributed by atoms with van der Waals surface area (Å²) in [7, 11) is -3.74. The summed E-state index contributed by atoms with van der Waals surface area (Å²) >= 11 is 6.00. The summed E-state index contributed by atoms with van der Waals surface area (Å²) in [5.74, 6) is -1.00. The molecule has 1 atom stereocenters. The standard InChI is InChI=1S/C24H30ClFN2O3S/c1-17(2)15-23(18-7-4-3-5-8-18)27-24(29)19-11-13-28(14-12-19)32(30,31)16-20-21(25)9-6-10-22(20)26/h3-10,17,19,23H,11-16H2,1-2H3,(H,27,29)/t23-/m1/s1. The molecule has 1 fully saturated rings. The summed E-state index contributed by atoms with van der Waals surface area (Å²) in [6.07, 6.45) is 1.69. The molecule has 0 unspecified atom stereocenters. The van der Waals surface area contributed by atoms with Crippen LogP contribution in [0.3, 0.4) is 0 Å². The fourth-order valence-electron chi connectivity index (χ4n) is 4.06. The van der Waals surface area contributed by atoms with Crippen LogP contribution in [-0.2, 0) is 20.6 Å². The van der Waals surface area contributed by atoms with Crippen LogP contribution in [0.1, 0.15) is 50.3 Å². The van der Waals surface area contributed by atoms with Crippen molar-refractivity contribution < 1.29 is 17.6 Å². The van der Waals surface area contributed by atoms with Crippen LogP contribution >= 0.6 is 11.6 Å². The minimum Gasteiger partial charge on any atom is -0.349 e. The lowest BCUT2D eigenvalue weighted by atomic mass is 9.93. The van der Waals surface area contributed by atoms with Crippen LogP contribution in [-0.4, -0.2) is 31.7 Å². The van der Waals surface area contributed by atoms with Gasteiger partial charge >= 0.3 is 0 Å². The second-order valence-electron chi connectivity index (χ2n) is 8.73. The SMILES string of the molecule is CC(C)C[C@@H](NC(=O)C1CCN(S(=O)(=O)Cc2c(F)cccc2Cl)CC1)c1ccccc1. The Labute approximate surface area is 195 Å². The van der Waals surface area contributed by atoms with Gasteiger partial charge in [0.15, 0.2) is 0 Å². The van der Waals surface area contributed by atoms with Crippen molar-refractivity contribution in [2.24, 2.45) is 11.8 Å². The van der Waals surface area contributed by atoms with Crippen LogP contribution in [0.4, 0.5) is 4.39 Å². The number of rotatable bonds is 8. The molecule has 0 radical (unpaired) electrons. The normalized spacial score (nSPS) is 16.8. The van der Waals surface area contributed by atoms with E-state index in [1.54, 1.807) is 0 Å². The lowest BCUT2D eigenvalue weighted by Gasteiger charge is -2.32. The summed E-state index contributed by atoms with van der Waals surface area (Å²) in [5.41, 5.74) is 1.05. The highest BCUT2D eigenvalue weighted by Gasteiger charge is 2.33. The van der Waals surface area contributed by atoms with Crippen molar-refractivity contribution >= 4 is 27.5 Å². The Morgan fingerprint density at radius 3 is 2.38 bits per heavy atom. The van der Waals surface area contributed by atoms with Gasteiger partial charge in [0.2, 0.25) is 15.9 Å². The predicted octanol–water partition coefficient (Wildman–Crippen LogP) is 4.92. The Morgan fingerprint density at radius 1 is 1.12 bits per heavy atom. The number of benzene rings is 2. The predicted molar refractivity (Wildman–Crippen MR) is 125 cm³/mol. The van der Waals surface area contributed by atoms with Crippen molar-refractivity contribution in [2.45, 2.75) is 44.9 Å². The van der Waals surface area contributed by atoms with Crippen LogP contribution in [0.2, 0.25) is 5.02 Å². The number of hydrogen-bond donors (Lipinski definition) is 1. The van der Waals surface area contributed by atoms with Gasteiger partial charge in [0, 0.05) is 29.6 Å². The molecule has 8 heteroatoms. The van der Waals surface area contributed by atoms with Gasteiger partial charge in [0.05, 0.1) is 11.8 Å². The van der Waals surface area contributed by atoms with Crippen LogP contribution in [0.15, 0.2) is 48.5 Å². The molecule has 2 aromatic rings. The molecule has 1 heterocycles. The van der Waals surface area contributed by atoms with Gasteiger partial charge in [-0.1, -0.05) is 61.8 Å². The average molecular weight is 481 g/mol. The largest absolute Gasteiger partial charge is 0.349 e. The Hall–Kier alpha value is -1.96. The Bertz CT molecular complexity index is 1000. The van der Waals surface area contributed by atoms with Gasteiger partial charge in [-0.15, -0.1) is 0 Å². The number of nitrogens with one attached hydrogen (secondary N) is 1. The Kier molecular flexibility index (Phi) is 8.31. The topological polar surface area (TPSA) is 66.5 Å². The molecule has 32 heavy (non-hydrogen) atoms. The minimum atomic E-state index is -3.74. The summed E-state index contributed by atoms with van der Waals surface area (Å²) < 4.78 is 41.0. The van der Waals surface area contributed by atoms with Gasteiger partial charge in [-0.3, -0.25) is 4.79 Å². The quantitative estimate of drug-likeness (QED) is 0.582. The molecule has 5 nitrogen and oxygen atoms in total. The highest BCUT2D eigenvalue weighted by atomic mass is 35.5. The van der Waals surface area contributed by atoms with Gasteiger partial charge in [0.1, 0.15) is 5.82 Å². The van der Waals surface area contributed by atoms with Crippen molar-refractivity contribution in [2.75, 3.05) is 13.1 Å². The molecule has 1 amide bonds. The summed E-state index contributed by atoms with van der Waals surface area (Å²) in [6.45, 7) is 4.69. The second-order valence-corrected chi connectivity index (χ2v) is 11.1. The van der Waals surface area contributed by atoms with Crippen LogP contribution in [0, 0.1) is 17.7 Å². The maximum absolute atomic E-state index is 14.0. The number of hydrogen-bond acceptors (Lipinski definition) is 3. The lowest BCUT2D eigenvalue weighted by molar-refractivity contribution is -0.127. The van der Waals surface area contributed by atoms with Gasteiger partial charge in [-0.2, -0.15) is 0 Å². The Morgan fingerprint density at radius 2 is 1.78 bits per heavy atom. The van der Waals surface area contributed by atoms with Gasteiger partial charge in [-0.25, -0.2) is 17.1 Å². The molecule has 1 N–H and O–H groups in total. The zero-order valence-corrected chi connectivity index (χ0v) is 20.0. The van der Waals surface area contributed by atoms with Gasteiger partial charge < -0.3 is 5.32 Å². The van der Waals surface area contributed by atoms with E-state index in [2.05, 4.69) is 19.2 Å². The molecule has 0 bridgehead atoms. The molecule has 174 valence electrons. The Balaban J connectivity index is 1.61. The number of sulfonamides is 1. The minimum absolute atomic E-state index is 0.0200. The molecular formula is C24H30ClFN2O3S. The van der Waals surface area contributed by atoms with E-state index in [1.165, 1.54) is 22.5 Å². The zero-order chi connectivity index (χ0) is 23.3. The van der Waals surface area contributed by atoms with E-state index in [-0.39, 0.29) is 41.5 Å². The first-order valence-electron chi connectivity index (χ1n) is 10.9. The van der Waals surface area contributed by atoms with Crippen molar-refractivity contribution in [3.8, 4) is 0 Å². The monoisotopic (exact) mass is 480 g/mol. The number of amides is 1. The molecule has 1 aliphatic rings. The molecule has 0 spiro atoms. The maximum atomic E-state index is 14.0. The number of carbonyl (C=O) groups is 1. The van der Waals surface area contributed by atoms with Gasteiger partial charge in [0.25, 0.3) is 0 Å². The van der Waals surface area contributed by atoms with E-state index in [4.69, 9.17) is 11.6 Å². The second kappa shape index (κ2) is 10.8. The third-order valence-electron chi connectivity index (χ3n) is 5.83. The highest BCUT2D eigenvalue weighted by Crippen LogP contribution is 2.27. The van der Waals surface area contributed by atoms with Crippen LogP contribution in [0.25, 0.3) is 0 Å². The first-order valence-corrected chi connectivity index (χ1v) is 12.9. The van der Waals surface area contributed by atoms with Crippen molar-refractivity contribution in [1.82, 2.24) is 9.62 Å². The average Bonchev–Trinajstić information content (AvgIpc) is 2.76. The smallest absolute Gasteiger partial charge is 0.223 e. The number of piperidine rings is 1. The third-order valence-corrected chi connectivity index (χ3v) is 7.99. The molecule has 1 saturated heterocycles. The molecule has 3 rings (SSSR count). The fourth-order valence-corrected chi connectivity index (χ4v) is 5.98. The summed E-state index contributed by atoms with van der Waals surface area (Å²) in [4.78, 5) is 13.0. The lowest BCUT2D eigenvalue weighted by Crippen LogP contribution is -2.44. The van der Waals surface area contributed by atoms with Crippen molar-refractivity contribution in [3.63, 3.8) is 0 Å². The number of nitrogens with zero attached hydrogens (tertiary/aromatic N) is 1. The summed E-state index contributed by atoms with van der Waals surface area (Å²) in [5, 5.41) is 3.27. The molecule has 0 aromatic heterocycles. The summed E-state index contributed by atoms with van der Waals surface area (Å²) in [6, 6.07) is 13.9. The van der Waals surface area contributed by atoms with E-state index in [0.29, 0.717) is 18.8 Å². The van der Waals surface area contributed by atoms with Crippen LogP contribution < -0.4 is 5.32 Å². The fraction of sp³-hybridized carbons (Fsp3) is 0.458. The molecule has 1 aliphatic heterocycles. The maximum Gasteiger partial charge on any atom is 0.223 e. The molecule has 0 saturated carbocycles. The van der Waals surface area contributed by atoms with E-state index in [1.807, 2.05) is 30.3 Å². The molecule has 2 aromatic carbocycles. The van der Waals surface area contributed by atoms with Crippen molar-refractivity contribution in [1.29, 1.82) is 0 Å². The zero-order valence-electron chi connectivity index (χ0n) is 18.4. The van der Waals surface area contributed by atoms with E-state index in [0.717, 1.165) is 12.0 Å². The van der Waals surface area contributed by atoms with E-state index in [9.17, 15) is 17.6 Å². The van der Waals surface area contributed by atoms with E-state index >= 15 is 0 Å². The molecular weight excluding hydrogens is 451 g/mol. The van der Waals surface area contributed by atoms with E-state index < -0.39 is 21.6 Å². The highest BCUT2D eigenvalue weighted by molar-refractivity contribution is 7.88. The number of halogens is 2. The molecule has 0 aliphatic carbocycles. The number of carbonyl (C=O) groups excluding carboxylic acids is 1. The first-order chi connectivity index (χ1) is 15.2. The third kappa shape index (κ3) is 6.30. The first kappa shape index (κ1) is 24.7. The van der Waals surface area contributed by atoms with Crippen LogP contribution in [0.5, 0.6) is 0 Å².